The molecule has 1 aromatic carbocycles. The first kappa shape index (κ1) is 12.2. The van der Waals surface area contributed by atoms with Crippen molar-refractivity contribution in [3.63, 3.8) is 0 Å². The predicted molar refractivity (Wildman–Crippen MR) is 64.2 cm³/mol. The minimum Gasteiger partial charge on any atom is -0.486 e. The van der Waals surface area contributed by atoms with Crippen LogP contribution in [0.3, 0.4) is 0 Å². The third-order valence-electron chi connectivity index (χ3n) is 2.58. The molecule has 1 aliphatic rings. The smallest absolute Gasteiger partial charge is 0.164 e. The molecular formula is C13H18FNO2. The van der Waals surface area contributed by atoms with Gasteiger partial charge < -0.3 is 15.2 Å². The molecule has 0 unspecified atom stereocenters. The zero-order chi connectivity index (χ0) is 12.5. The molecule has 0 saturated carbocycles. The molecule has 3 nitrogen and oxygen atoms in total. The lowest BCUT2D eigenvalue weighted by Gasteiger charge is -2.25. The van der Waals surface area contributed by atoms with Gasteiger partial charge in [0.25, 0.3) is 0 Å². The maximum Gasteiger partial charge on any atom is 0.164 e. The Hall–Kier alpha value is -1.29. The molecule has 2 N–H and O–H groups in total. The van der Waals surface area contributed by atoms with Gasteiger partial charge in [-0.3, -0.25) is 0 Å². The highest BCUT2D eigenvalue weighted by Crippen LogP contribution is 2.36. The number of nitrogens with two attached hydrogens (primary N) is 1. The summed E-state index contributed by atoms with van der Waals surface area (Å²) in [6.07, 6.45) is 0.631. The Balaban J connectivity index is 2.41. The monoisotopic (exact) mass is 239 g/mol. The molecule has 0 aromatic heterocycles. The summed E-state index contributed by atoms with van der Waals surface area (Å²) in [6, 6.07) is 3.50. The second-order valence-electron chi connectivity index (χ2n) is 5.08. The predicted octanol–water partition coefficient (Wildman–Crippen LogP) is 2.21. The van der Waals surface area contributed by atoms with Gasteiger partial charge in [0.05, 0.1) is 0 Å². The van der Waals surface area contributed by atoms with E-state index in [1.54, 1.807) is 6.07 Å². The maximum atomic E-state index is 12.8. The molecule has 94 valence electrons. The average Bonchev–Trinajstić information content (AvgIpc) is 2.26. The second-order valence-corrected chi connectivity index (χ2v) is 5.08. The summed E-state index contributed by atoms with van der Waals surface area (Å²) >= 11 is 0. The first-order chi connectivity index (χ1) is 7.99. The minimum atomic E-state index is -0.505. The van der Waals surface area contributed by atoms with Gasteiger partial charge in [-0.25, -0.2) is 4.39 Å². The van der Waals surface area contributed by atoms with Gasteiger partial charge in [0.1, 0.15) is 19.9 Å². The summed E-state index contributed by atoms with van der Waals surface area (Å²) in [5, 5.41) is 0. The Morgan fingerprint density at radius 1 is 1.29 bits per heavy atom. The molecule has 2 rings (SSSR count). The highest BCUT2D eigenvalue weighted by Gasteiger charge is 2.21. The van der Waals surface area contributed by atoms with Crippen LogP contribution < -0.4 is 15.2 Å². The largest absolute Gasteiger partial charge is 0.486 e. The fraction of sp³-hybridized carbons (Fsp3) is 0.538. The van der Waals surface area contributed by atoms with Gasteiger partial charge in [-0.2, -0.15) is 0 Å². The Kier molecular flexibility index (Phi) is 3.24. The van der Waals surface area contributed by atoms with Gasteiger partial charge in [0.2, 0.25) is 0 Å². The van der Waals surface area contributed by atoms with E-state index < -0.39 is 6.67 Å². The zero-order valence-electron chi connectivity index (χ0n) is 10.3. The molecule has 0 atom stereocenters. The van der Waals surface area contributed by atoms with Crippen LogP contribution in [0.15, 0.2) is 12.1 Å². The maximum absolute atomic E-state index is 12.8. The van der Waals surface area contributed by atoms with Crippen LogP contribution in [-0.4, -0.2) is 18.8 Å². The van der Waals surface area contributed by atoms with Gasteiger partial charge in [-0.15, -0.1) is 0 Å². The zero-order valence-corrected chi connectivity index (χ0v) is 10.3. The fourth-order valence-electron chi connectivity index (χ4n) is 1.99. The summed E-state index contributed by atoms with van der Waals surface area (Å²) in [5.74, 6) is 1.35. The van der Waals surface area contributed by atoms with E-state index in [9.17, 15) is 4.39 Å². The Labute approximate surface area is 101 Å². The van der Waals surface area contributed by atoms with Crippen molar-refractivity contribution in [2.75, 3.05) is 13.2 Å². The van der Waals surface area contributed by atoms with E-state index in [-0.39, 0.29) is 5.54 Å². The van der Waals surface area contributed by atoms with Crippen LogP contribution in [0.5, 0.6) is 11.5 Å². The van der Waals surface area contributed by atoms with E-state index >= 15 is 0 Å². The number of rotatable bonds is 3. The van der Waals surface area contributed by atoms with Crippen LogP contribution >= 0.6 is 0 Å². The van der Waals surface area contributed by atoms with Crippen molar-refractivity contribution in [3.05, 3.63) is 23.3 Å². The number of hydrogen-bond acceptors (Lipinski definition) is 3. The number of ether oxygens (including phenoxy) is 2. The van der Waals surface area contributed by atoms with Gasteiger partial charge in [0.15, 0.2) is 11.5 Å². The van der Waals surface area contributed by atoms with E-state index in [1.165, 1.54) is 0 Å². The number of fused-ring (bicyclic) bond motifs is 1. The van der Waals surface area contributed by atoms with Crippen molar-refractivity contribution in [1.29, 1.82) is 0 Å². The van der Waals surface area contributed by atoms with Gasteiger partial charge in [0, 0.05) is 11.1 Å². The Morgan fingerprint density at radius 2 is 2.00 bits per heavy atom. The molecular weight excluding hydrogens is 221 g/mol. The first-order valence-corrected chi connectivity index (χ1v) is 5.76. The van der Waals surface area contributed by atoms with E-state index in [2.05, 4.69) is 0 Å². The minimum absolute atomic E-state index is 0.358. The number of benzene rings is 1. The molecule has 0 radical (unpaired) electrons. The highest BCUT2D eigenvalue weighted by atomic mass is 19.1. The molecule has 1 aliphatic heterocycles. The lowest BCUT2D eigenvalue weighted by Crippen LogP contribution is -2.34. The molecule has 0 saturated heterocycles. The summed E-state index contributed by atoms with van der Waals surface area (Å²) in [5.41, 5.74) is 7.17. The topological polar surface area (TPSA) is 44.5 Å². The number of halogens is 1. The molecule has 0 spiro atoms. The van der Waals surface area contributed by atoms with Gasteiger partial charge in [-0.1, -0.05) is 0 Å². The van der Waals surface area contributed by atoms with Crippen LogP contribution in [0.2, 0.25) is 0 Å². The first-order valence-electron chi connectivity index (χ1n) is 5.76. The summed E-state index contributed by atoms with van der Waals surface area (Å²) < 4.78 is 23.9. The third-order valence-corrected chi connectivity index (χ3v) is 2.58. The average molecular weight is 239 g/mol. The van der Waals surface area contributed by atoms with Crippen molar-refractivity contribution in [3.8, 4) is 11.5 Å². The number of hydrogen-bond donors (Lipinski definition) is 1. The lowest BCUT2D eigenvalue weighted by molar-refractivity contribution is 0.169. The van der Waals surface area contributed by atoms with Crippen molar-refractivity contribution < 1.29 is 13.9 Å². The van der Waals surface area contributed by atoms with E-state index in [0.29, 0.717) is 36.7 Å². The Bertz CT molecular complexity index is 413. The fourth-order valence-corrected chi connectivity index (χ4v) is 1.99. The van der Waals surface area contributed by atoms with Crippen LogP contribution in [0.25, 0.3) is 0 Å². The van der Waals surface area contributed by atoms with Crippen molar-refractivity contribution in [2.45, 2.75) is 32.5 Å². The SMILES string of the molecule is CC(C)(N)Cc1cc(CF)cc2c1OCCO2. The molecule has 0 bridgehead atoms. The van der Waals surface area contributed by atoms with Crippen molar-refractivity contribution in [2.24, 2.45) is 5.73 Å². The van der Waals surface area contributed by atoms with Crippen LogP contribution in [0.1, 0.15) is 25.0 Å². The molecule has 0 fully saturated rings. The standard InChI is InChI=1S/C13H18FNO2/c1-13(2,15)7-10-5-9(8-14)6-11-12(10)17-4-3-16-11/h5-6H,3-4,7-8,15H2,1-2H3. The second kappa shape index (κ2) is 4.53. The van der Waals surface area contributed by atoms with Crippen molar-refractivity contribution >= 4 is 0 Å². The lowest BCUT2D eigenvalue weighted by atomic mass is 9.94. The quantitative estimate of drug-likeness (QED) is 0.879. The van der Waals surface area contributed by atoms with Crippen LogP contribution in [0.4, 0.5) is 4.39 Å². The summed E-state index contributed by atoms with van der Waals surface area (Å²) in [4.78, 5) is 0. The molecule has 4 heteroatoms. The highest BCUT2D eigenvalue weighted by molar-refractivity contribution is 5.50. The van der Waals surface area contributed by atoms with Crippen molar-refractivity contribution in [1.82, 2.24) is 0 Å². The number of alkyl halides is 1. The molecule has 17 heavy (non-hydrogen) atoms. The van der Waals surface area contributed by atoms with Crippen LogP contribution in [-0.2, 0) is 13.1 Å². The van der Waals surface area contributed by atoms with Gasteiger partial charge in [-0.05, 0) is 38.0 Å². The van der Waals surface area contributed by atoms with E-state index in [0.717, 1.165) is 5.56 Å². The molecule has 0 amide bonds. The summed E-state index contributed by atoms with van der Waals surface area (Å²) in [6.45, 7) is 4.40. The molecule has 1 heterocycles. The van der Waals surface area contributed by atoms with E-state index in [1.807, 2.05) is 19.9 Å². The molecule has 1 aromatic rings. The normalized spacial score (nSPS) is 14.8. The Morgan fingerprint density at radius 3 is 2.65 bits per heavy atom. The van der Waals surface area contributed by atoms with E-state index in [4.69, 9.17) is 15.2 Å². The van der Waals surface area contributed by atoms with Crippen LogP contribution in [0, 0.1) is 0 Å². The summed E-state index contributed by atoms with van der Waals surface area (Å²) in [7, 11) is 0. The molecule has 0 aliphatic carbocycles. The van der Waals surface area contributed by atoms with Gasteiger partial charge >= 0.3 is 0 Å². The third kappa shape index (κ3) is 2.88.